The number of nitrogens with one attached hydrogen (secondary N) is 3. The second-order valence-corrected chi connectivity index (χ2v) is 8.18. The van der Waals surface area contributed by atoms with E-state index >= 15 is 0 Å². The van der Waals surface area contributed by atoms with Crippen LogP contribution in [0, 0.1) is 11.6 Å². The first kappa shape index (κ1) is 28.5. The zero-order valence-corrected chi connectivity index (χ0v) is 20.8. The van der Waals surface area contributed by atoms with E-state index in [1.54, 1.807) is 48.5 Å². The third-order valence-corrected chi connectivity index (χ3v) is 5.24. The van der Waals surface area contributed by atoms with Gasteiger partial charge in [0, 0.05) is 21.8 Å². The van der Waals surface area contributed by atoms with E-state index in [2.05, 4.69) is 10.6 Å². The van der Waals surface area contributed by atoms with Crippen LogP contribution in [0.1, 0.15) is 26.3 Å². The molecule has 0 unspecified atom stereocenters. The maximum Gasteiger partial charge on any atom is 0.326 e. The van der Waals surface area contributed by atoms with Crippen molar-refractivity contribution in [3.63, 3.8) is 0 Å². The Balaban J connectivity index is 0.000000218. The number of nitrogens with two attached hydrogens (primary N) is 1. The summed E-state index contributed by atoms with van der Waals surface area (Å²) < 4.78 is 26.8. The first-order valence-corrected chi connectivity index (χ1v) is 11.6. The maximum absolute atomic E-state index is 13.4. The number of para-hydroxylation sites is 1. The van der Waals surface area contributed by atoms with Crippen LogP contribution < -0.4 is 21.7 Å². The van der Waals surface area contributed by atoms with Crippen LogP contribution in [0.4, 0.5) is 29.7 Å². The fourth-order valence-electron chi connectivity index (χ4n) is 3.24. The second-order valence-electron chi connectivity index (χ2n) is 7.74. The fraction of sp³-hybridized carbons (Fsp3) is 0. The van der Waals surface area contributed by atoms with Crippen molar-refractivity contribution < 1.29 is 28.0 Å². The summed E-state index contributed by atoms with van der Waals surface area (Å²) in [7, 11) is 0. The first-order chi connectivity index (χ1) is 18.7. The lowest BCUT2D eigenvalue weighted by atomic mass is 10.0. The van der Waals surface area contributed by atoms with Crippen LogP contribution >= 0.6 is 11.6 Å². The molecule has 0 bridgehead atoms. The summed E-state index contributed by atoms with van der Waals surface area (Å²) in [6.45, 7) is 0. The number of halogens is 3. The molecule has 11 heteroatoms. The van der Waals surface area contributed by atoms with Gasteiger partial charge in [0.05, 0.1) is 5.69 Å². The van der Waals surface area contributed by atoms with E-state index in [-0.39, 0.29) is 5.78 Å². The van der Waals surface area contributed by atoms with Gasteiger partial charge in [0.25, 0.3) is 5.91 Å². The molecule has 0 radical (unpaired) electrons. The minimum Gasteiger partial charge on any atom is -0.351 e. The van der Waals surface area contributed by atoms with E-state index in [1.807, 2.05) is 11.4 Å². The molecule has 5 N–H and O–H groups in total. The number of carbonyl (C=O) groups excluding carboxylic acids is 4. The van der Waals surface area contributed by atoms with Crippen molar-refractivity contribution in [3.05, 3.63) is 130 Å². The van der Waals surface area contributed by atoms with Crippen molar-refractivity contribution in [2.45, 2.75) is 0 Å². The SMILES string of the molecule is NC(=O)Nc1ccccc1C(=O)c1ccccc1.O=C(NC(=O)c1c(F)cccc1F)Nc1ccc(Cl)cc1. The summed E-state index contributed by atoms with van der Waals surface area (Å²) in [5, 5.41) is 7.09. The molecule has 5 amide bonds. The normalized spacial score (nSPS) is 9.92. The highest BCUT2D eigenvalue weighted by molar-refractivity contribution is 6.30. The van der Waals surface area contributed by atoms with Gasteiger partial charge in [-0.2, -0.15) is 0 Å². The zero-order valence-electron chi connectivity index (χ0n) is 20.1. The number of benzene rings is 4. The predicted molar refractivity (Wildman–Crippen MR) is 144 cm³/mol. The quantitative estimate of drug-likeness (QED) is 0.227. The number of urea groups is 2. The van der Waals surface area contributed by atoms with Crippen LogP contribution in [0.25, 0.3) is 0 Å². The molecule has 8 nitrogen and oxygen atoms in total. The van der Waals surface area contributed by atoms with Gasteiger partial charge in [-0.15, -0.1) is 0 Å². The minimum atomic E-state index is -1.17. The van der Waals surface area contributed by atoms with Crippen molar-refractivity contribution in [1.82, 2.24) is 5.32 Å². The number of carbonyl (C=O) groups is 4. The average Bonchev–Trinajstić information content (AvgIpc) is 2.90. The van der Waals surface area contributed by atoms with Gasteiger partial charge >= 0.3 is 12.1 Å². The molecule has 0 saturated carbocycles. The van der Waals surface area contributed by atoms with Gasteiger partial charge in [-0.25, -0.2) is 18.4 Å². The van der Waals surface area contributed by atoms with Crippen LogP contribution in [0.3, 0.4) is 0 Å². The van der Waals surface area contributed by atoms with Crippen molar-refractivity contribution in [2.24, 2.45) is 5.73 Å². The summed E-state index contributed by atoms with van der Waals surface area (Å²) in [4.78, 5) is 46.4. The summed E-state index contributed by atoms with van der Waals surface area (Å²) in [6, 6.07) is 23.1. The van der Waals surface area contributed by atoms with Crippen LogP contribution in [-0.2, 0) is 0 Å². The van der Waals surface area contributed by atoms with Crippen LogP contribution in [-0.4, -0.2) is 23.8 Å². The molecular weight excluding hydrogens is 530 g/mol. The molecular formula is C28H21ClF2N4O4. The number of rotatable bonds is 5. The molecule has 4 aromatic rings. The molecule has 0 aliphatic carbocycles. The predicted octanol–water partition coefficient (Wildman–Crippen LogP) is 5.99. The van der Waals surface area contributed by atoms with Gasteiger partial charge in [-0.05, 0) is 48.5 Å². The van der Waals surface area contributed by atoms with E-state index in [1.165, 1.54) is 24.3 Å². The number of amides is 5. The molecule has 39 heavy (non-hydrogen) atoms. The summed E-state index contributed by atoms with van der Waals surface area (Å²) in [5.74, 6) is -3.42. The standard InChI is InChI=1S/C14H9ClF2N2O2.C14H12N2O2/c15-8-4-6-9(7-5-8)18-14(21)19-13(20)12-10(16)2-1-3-11(12)17;15-14(18)16-12-9-5-4-8-11(12)13(17)10-6-2-1-3-7-10/h1-7H,(H2,18,19,20,21);1-9H,(H3,15,16,18). The van der Waals surface area contributed by atoms with Gasteiger partial charge in [0.2, 0.25) is 0 Å². The highest BCUT2D eigenvalue weighted by Crippen LogP contribution is 2.19. The van der Waals surface area contributed by atoms with Gasteiger partial charge in [0.15, 0.2) is 5.78 Å². The highest BCUT2D eigenvalue weighted by Gasteiger charge is 2.19. The number of hydrogen-bond acceptors (Lipinski definition) is 4. The first-order valence-electron chi connectivity index (χ1n) is 11.2. The Bertz CT molecular complexity index is 1480. The van der Waals surface area contributed by atoms with E-state index in [0.717, 1.165) is 18.2 Å². The molecule has 0 fully saturated rings. The fourth-order valence-corrected chi connectivity index (χ4v) is 3.37. The molecule has 0 saturated heterocycles. The molecule has 0 aliphatic heterocycles. The van der Waals surface area contributed by atoms with Crippen molar-refractivity contribution >= 4 is 46.7 Å². The number of primary amides is 1. The number of hydrogen-bond donors (Lipinski definition) is 4. The Morgan fingerprint density at radius 3 is 1.90 bits per heavy atom. The van der Waals surface area contributed by atoms with E-state index in [4.69, 9.17) is 17.3 Å². The monoisotopic (exact) mass is 550 g/mol. The van der Waals surface area contributed by atoms with E-state index in [9.17, 15) is 28.0 Å². The lowest BCUT2D eigenvalue weighted by molar-refractivity contribution is 0.0958. The van der Waals surface area contributed by atoms with Gasteiger partial charge in [-0.1, -0.05) is 60.1 Å². The Hall–Kier alpha value is -5.09. The van der Waals surface area contributed by atoms with Gasteiger partial charge < -0.3 is 16.4 Å². The van der Waals surface area contributed by atoms with Crippen LogP contribution in [0.2, 0.25) is 5.02 Å². The average molecular weight is 551 g/mol. The molecule has 0 atom stereocenters. The summed E-state index contributed by atoms with van der Waals surface area (Å²) >= 11 is 5.68. The van der Waals surface area contributed by atoms with Gasteiger partial charge in [-0.3, -0.25) is 14.9 Å². The Morgan fingerprint density at radius 1 is 0.692 bits per heavy atom. The lowest BCUT2D eigenvalue weighted by Gasteiger charge is -2.08. The van der Waals surface area contributed by atoms with Crippen molar-refractivity contribution in [2.75, 3.05) is 10.6 Å². The Labute approximate surface area is 226 Å². The van der Waals surface area contributed by atoms with Crippen LogP contribution in [0.5, 0.6) is 0 Å². The number of imide groups is 1. The zero-order chi connectivity index (χ0) is 28.4. The molecule has 0 aliphatic rings. The summed E-state index contributed by atoms with van der Waals surface area (Å²) in [5.41, 5.74) is 6.03. The topological polar surface area (TPSA) is 130 Å². The number of ketones is 1. The van der Waals surface area contributed by atoms with Crippen molar-refractivity contribution in [1.29, 1.82) is 0 Å². The minimum absolute atomic E-state index is 0.153. The molecule has 0 spiro atoms. The second kappa shape index (κ2) is 13.5. The third-order valence-electron chi connectivity index (χ3n) is 4.98. The largest absolute Gasteiger partial charge is 0.351 e. The third kappa shape index (κ3) is 8.20. The molecule has 0 heterocycles. The lowest BCUT2D eigenvalue weighted by Crippen LogP contribution is -2.35. The molecule has 4 rings (SSSR count). The molecule has 198 valence electrons. The maximum atomic E-state index is 13.4. The Kier molecular flexibility index (Phi) is 9.82. The van der Waals surface area contributed by atoms with Crippen molar-refractivity contribution in [3.8, 4) is 0 Å². The van der Waals surface area contributed by atoms with E-state index in [0.29, 0.717) is 27.5 Å². The van der Waals surface area contributed by atoms with E-state index < -0.39 is 35.2 Å². The smallest absolute Gasteiger partial charge is 0.326 e. The van der Waals surface area contributed by atoms with Gasteiger partial charge in [0.1, 0.15) is 17.2 Å². The summed E-state index contributed by atoms with van der Waals surface area (Å²) in [6.07, 6.45) is 0. The number of anilines is 2. The highest BCUT2D eigenvalue weighted by atomic mass is 35.5. The molecule has 0 aromatic heterocycles. The Morgan fingerprint density at radius 2 is 1.28 bits per heavy atom. The van der Waals surface area contributed by atoms with Crippen LogP contribution in [0.15, 0.2) is 97.1 Å². The molecule has 4 aromatic carbocycles.